The molecule has 2 aliphatic rings. The Kier molecular flexibility index (Phi) is 7.04. The Balaban J connectivity index is 0.00000225. The fraction of sp³-hybridized carbons (Fsp3) is 0.611. The van der Waals surface area contributed by atoms with Gasteiger partial charge in [0.05, 0.1) is 11.5 Å². The normalized spacial score (nSPS) is 24.9. The third-order valence-corrected chi connectivity index (χ3v) is 5.05. The number of benzene rings is 1. The van der Waals surface area contributed by atoms with Gasteiger partial charge in [-0.05, 0) is 50.5 Å². The second-order valence-corrected chi connectivity index (χ2v) is 7.31. The van der Waals surface area contributed by atoms with Crippen molar-refractivity contribution in [1.29, 1.82) is 0 Å². The highest BCUT2D eigenvalue weighted by Gasteiger charge is 2.39. The zero-order chi connectivity index (χ0) is 17.1. The first-order chi connectivity index (χ1) is 11.5. The predicted molar refractivity (Wildman–Crippen MR) is 110 cm³/mol. The summed E-state index contributed by atoms with van der Waals surface area (Å²) < 4.78 is 0. The number of rotatable bonds is 5. The molecule has 2 aliphatic carbocycles. The van der Waals surface area contributed by atoms with Crippen LogP contribution in [-0.2, 0) is 6.54 Å². The first kappa shape index (κ1) is 19.9. The number of nitro groups is 1. The van der Waals surface area contributed by atoms with E-state index < -0.39 is 0 Å². The maximum Gasteiger partial charge on any atom is 0.269 e. The van der Waals surface area contributed by atoms with Gasteiger partial charge in [0.25, 0.3) is 5.69 Å². The molecule has 3 rings (SSSR count). The van der Waals surface area contributed by atoms with Crippen molar-refractivity contribution in [2.24, 2.45) is 16.8 Å². The van der Waals surface area contributed by atoms with Crippen LogP contribution in [0.1, 0.15) is 45.1 Å². The highest BCUT2D eigenvalue weighted by Crippen LogP contribution is 2.44. The van der Waals surface area contributed by atoms with Gasteiger partial charge in [0.1, 0.15) is 0 Å². The lowest BCUT2D eigenvalue weighted by molar-refractivity contribution is -0.384. The molecule has 0 aromatic heterocycles. The lowest BCUT2D eigenvalue weighted by atomic mass is 9.95. The van der Waals surface area contributed by atoms with Gasteiger partial charge in [0, 0.05) is 24.2 Å². The SMILES string of the molecule is CC(C)NC(=NCc1ccc([N+](=O)[O-])cc1)NC1CC2CCC1C2.I. The molecule has 3 atom stereocenters. The van der Waals surface area contributed by atoms with Gasteiger partial charge in [-0.1, -0.05) is 18.6 Å². The Labute approximate surface area is 166 Å². The highest BCUT2D eigenvalue weighted by atomic mass is 127. The fourth-order valence-corrected chi connectivity index (χ4v) is 3.90. The van der Waals surface area contributed by atoms with E-state index in [2.05, 4.69) is 29.5 Å². The van der Waals surface area contributed by atoms with E-state index in [9.17, 15) is 10.1 Å². The molecule has 7 heteroatoms. The average Bonchev–Trinajstić information content (AvgIpc) is 3.15. The number of halogens is 1. The molecular formula is C18H27IN4O2. The van der Waals surface area contributed by atoms with Gasteiger partial charge in [0.2, 0.25) is 0 Å². The van der Waals surface area contributed by atoms with Crippen molar-refractivity contribution in [2.75, 3.05) is 0 Å². The molecule has 1 aromatic rings. The van der Waals surface area contributed by atoms with E-state index in [4.69, 9.17) is 0 Å². The fourth-order valence-electron chi connectivity index (χ4n) is 3.90. The number of nitrogens with one attached hydrogen (secondary N) is 2. The molecule has 0 heterocycles. The third kappa shape index (κ3) is 5.29. The van der Waals surface area contributed by atoms with Crippen molar-refractivity contribution in [3.63, 3.8) is 0 Å². The molecule has 2 fully saturated rings. The van der Waals surface area contributed by atoms with Crippen molar-refractivity contribution in [3.8, 4) is 0 Å². The van der Waals surface area contributed by atoms with Crippen LogP contribution in [0.5, 0.6) is 0 Å². The highest BCUT2D eigenvalue weighted by molar-refractivity contribution is 14.0. The van der Waals surface area contributed by atoms with E-state index in [0.29, 0.717) is 18.6 Å². The quantitative estimate of drug-likeness (QED) is 0.231. The molecule has 0 aliphatic heterocycles. The molecule has 2 bridgehead atoms. The lowest BCUT2D eigenvalue weighted by Crippen LogP contribution is -2.47. The molecule has 2 saturated carbocycles. The zero-order valence-electron chi connectivity index (χ0n) is 14.8. The molecule has 0 spiro atoms. The number of hydrogen-bond donors (Lipinski definition) is 2. The number of nitrogens with zero attached hydrogens (tertiary/aromatic N) is 2. The van der Waals surface area contributed by atoms with Gasteiger partial charge in [-0.2, -0.15) is 0 Å². The Bertz CT molecular complexity index is 618. The van der Waals surface area contributed by atoms with Gasteiger partial charge < -0.3 is 10.6 Å². The topological polar surface area (TPSA) is 79.6 Å². The molecular weight excluding hydrogens is 431 g/mol. The predicted octanol–water partition coefficient (Wildman–Crippen LogP) is 3.85. The van der Waals surface area contributed by atoms with Crippen LogP contribution in [-0.4, -0.2) is 23.0 Å². The van der Waals surface area contributed by atoms with Crippen LogP contribution in [0.3, 0.4) is 0 Å². The van der Waals surface area contributed by atoms with E-state index in [1.165, 1.54) is 37.8 Å². The van der Waals surface area contributed by atoms with Crippen LogP contribution in [0.25, 0.3) is 0 Å². The van der Waals surface area contributed by atoms with Crippen LogP contribution in [0, 0.1) is 22.0 Å². The maximum atomic E-state index is 10.7. The monoisotopic (exact) mass is 458 g/mol. The Morgan fingerprint density at radius 1 is 1.28 bits per heavy atom. The van der Waals surface area contributed by atoms with Gasteiger partial charge in [-0.15, -0.1) is 24.0 Å². The summed E-state index contributed by atoms with van der Waals surface area (Å²) in [4.78, 5) is 15.0. The number of nitro benzene ring substituents is 1. The lowest BCUT2D eigenvalue weighted by Gasteiger charge is -2.26. The summed E-state index contributed by atoms with van der Waals surface area (Å²) in [7, 11) is 0. The second kappa shape index (κ2) is 8.82. The van der Waals surface area contributed by atoms with Crippen molar-refractivity contribution in [2.45, 2.75) is 58.2 Å². The molecule has 0 saturated heterocycles. The van der Waals surface area contributed by atoms with Gasteiger partial charge in [0.15, 0.2) is 5.96 Å². The number of hydrogen-bond acceptors (Lipinski definition) is 3. The summed E-state index contributed by atoms with van der Waals surface area (Å²) >= 11 is 0. The molecule has 0 amide bonds. The summed E-state index contributed by atoms with van der Waals surface area (Å²) in [6.45, 7) is 4.72. The van der Waals surface area contributed by atoms with Crippen molar-refractivity contribution in [3.05, 3.63) is 39.9 Å². The Morgan fingerprint density at radius 3 is 2.52 bits per heavy atom. The van der Waals surface area contributed by atoms with Gasteiger partial charge >= 0.3 is 0 Å². The first-order valence-corrected chi connectivity index (χ1v) is 8.82. The van der Waals surface area contributed by atoms with Crippen LogP contribution >= 0.6 is 24.0 Å². The largest absolute Gasteiger partial charge is 0.354 e. The van der Waals surface area contributed by atoms with Crippen LogP contribution < -0.4 is 10.6 Å². The summed E-state index contributed by atoms with van der Waals surface area (Å²) in [6, 6.07) is 7.45. The van der Waals surface area contributed by atoms with Crippen molar-refractivity contribution < 1.29 is 4.92 Å². The van der Waals surface area contributed by atoms with E-state index >= 15 is 0 Å². The smallest absolute Gasteiger partial charge is 0.269 e. The minimum absolute atomic E-state index is 0. The Morgan fingerprint density at radius 2 is 2.00 bits per heavy atom. The molecule has 0 radical (unpaired) electrons. The standard InChI is InChI=1S/C18H26N4O2.HI/c1-12(2)20-18(21-17-10-14-3-6-15(17)9-14)19-11-13-4-7-16(8-5-13)22(23)24;/h4-5,7-8,12,14-15,17H,3,6,9-11H2,1-2H3,(H2,19,20,21);1H. The van der Waals surface area contributed by atoms with Crippen LogP contribution in [0.4, 0.5) is 5.69 Å². The van der Waals surface area contributed by atoms with Crippen LogP contribution in [0.15, 0.2) is 29.3 Å². The van der Waals surface area contributed by atoms with Crippen LogP contribution in [0.2, 0.25) is 0 Å². The van der Waals surface area contributed by atoms with Gasteiger partial charge in [-0.25, -0.2) is 4.99 Å². The second-order valence-electron chi connectivity index (χ2n) is 7.31. The first-order valence-electron chi connectivity index (χ1n) is 8.82. The summed E-state index contributed by atoms with van der Waals surface area (Å²) in [5.74, 6) is 2.52. The van der Waals surface area contributed by atoms with Crippen molar-refractivity contribution >= 4 is 35.6 Å². The molecule has 25 heavy (non-hydrogen) atoms. The third-order valence-electron chi connectivity index (χ3n) is 5.05. The molecule has 3 unspecified atom stereocenters. The van der Waals surface area contributed by atoms with Gasteiger partial charge in [-0.3, -0.25) is 10.1 Å². The molecule has 138 valence electrons. The molecule has 6 nitrogen and oxygen atoms in total. The average molecular weight is 458 g/mol. The van der Waals surface area contributed by atoms with E-state index in [1.807, 2.05) is 0 Å². The Hall–Kier alpha value is -1.38. The number of guanidine groups is 1. The van der Waals surface area contributed by atoms with E-state index in [-0.39, 0.29) is 34.6 Å². The molecule has 1 aromatic carbocycles. The minimum atomic E-state index is -0.379. The van der Waals surface area contributed by atoms with E-state index in [1.54, 1.807) is 12.1 Å². The number of aliphatic imine (C=N–C) groups is 1. The maximum absolute atomic E-state index is 10.7. The summed E-state index contributed by atoms with van der Waals surface area (Å²) in [6.07, 6.45) is 5.32. The van der Waals surface area contributed by atoms with Crippen molar-refractivity contribution in [1.82, 2.24) is 10.6 Å². The zero-order valence-corrected chi connectivity index (χ0v) is 17.1. The molecule has 2 N–H and O–H groups in total. The summed E-state index contributed by atoms with van der Waals surface area (Å²) in [5.41, 5.74) is 1.08. The van der Waals surface area contributed by atoms with E-state index in [0.717, 1.165) is 23.4 Å². The number of fused-ring (bicyclic) bond motifs is 2. The summed E-state index contributed by atoms with van der Waals surface area (Å²) in [5, 5.41) is 17.7. The number of non-ortho nitro benzene ring substituents is 1. The minimum Gasteiger partial charge on any atom is -0.354 e.